The lowest BCUT2D eigenvalue weighted by molar-refractivity contribution is -0.00904. The van der Waals surface area contributed by atoms with Crippen LogP contribution in [0, 0.1) is 29.1 Å². The molecule has 0 radical (unpaired) electrons. The summed E-state index contributed by atoms with van der Waals surface area (Å²) in [5.41, 5.74) is 5.73. The lowest BCUT2D eigenvalue weighted by Gasteiger charge is -2.55. The Hall–Kier alpha value is -1.83. The van der Waals surface area contributed by atoms with Crippen LogP contribution in [0.25, 0.3) is 0 Å². The Balaban J connectivity index is 1.78. The summed E-state index contributed by atoms with van der Waals surface area (Å²) in [6, 6.07) is 1.99. The molecule has 5 rings (SSSR count). The summed E-state index contributed by atoms with van der Waals surface area (Å²) >= 11 is 0. The van der Waals surface area contributed by atoms with Gasteiger partial charge in [0.05, 0.1) is 0 Å². The number of H-pyrrole nitrogens is 1. The van der Waals surface area contributed by atoms with Crippen molar-refractivity contribution in [1.82, 2.24) is 9.97 Å². The number of imidazole rings is 1. The Labute approximate surface area is 117 Å². The summed E-state index contributed by atoms with van der Waals surface area (Å²) in [6.07, 6.45) is 7.51. The molecule has 0 atom stereocenters. The van der Waals surface area contributed by atoms with Crippen molar-refractivity contribution in [2.75, 3.05) is 0 Å². The smallest absolute Gasteiger partial charge is 0.268 e. The van der Waals surface area contributed by atoms with Gasteiger partial charge in [-0.3, -0.25) is 4.79 Å². The van der Waals surface area contributed by atoms with Crippen LogP contribution in [0.1, 0.15) is 60.5 Å². The quantitative estimate of drug-likeness (QED) is 0.858. The van der Waals surface area contributed by atoms with Gasteiger partial charge in [-0.1, -0.05) is 0 Å². The maximum absolute atomic E-state index is 11.4. The first-order chi connectivity index (χ1) is 9.59. The van der Waals surface area contributed by atoms with Crippen molar-refractivity contribution >= 4 is 5.91 Å². The van der Waals surface area contributed by atoms with E-state index in [1.165, 1.54) is 19.3 Å². The van der Waals surface area contributed by atoms with Crippen molar-refractivity contribution in [1.29, 1.82) is 5.26 Å². The third kappa shape index (κ3) is 1.54. The highest BCUT2D eigenvalue weighted by atomic mass is 16.1. The second kappa shape index (κ2) is 3.85. The topological polar surface area (TPSA) is 95.6 Å². The number of carbonyl (C=O) groups excluding carboxylic acids is 1. The van der Waals surface area contributed by atoms with Crippen LogP contribution in [0.4, 0.5) is 0 Å². The van der Waals surface area contributed by atoms with Crippen molar-refractivity contribution < 1.29 is 4.79 Å². The summed E-state index contributed by atoms with van der Waals surface area (Å²) in [7, 11) is 0. The third-order valence-corrected chi connectivity index (χ3v) is 5.60. The predicted molar refractivity (Wildman–Crippen MR) is 71.7 cm³/mol. The van der Waals surface area contributed by atoms with Gasteiger partial charge in [0.2, 0.25) is 0 Å². The number of amides is 1. The number of nitriles is 1. The molecule has 0 aliphatic heterocycles. The number of nitrogens with one attached hydrogen (secondary N) is 1. The average Bonchev–Trinajstić information content (AvgIpc) is 2.82. The molecule has 1 amide bonds. The fourth-order valence-corrected chi connectivity index (χ4v) is 5.28. The second-order valence-corrected chi connectivity index (χ2v) is 6.98. The van der Waals surface area contributed by atoms with Gasteiger partial charge < -0.3 is 10.7 Å². The van der Waals surface area contributed by atoms with E-state index in [-0.39, 0.29) is 16.8 Å². The average molecular weight is 270 g/mol. The molecular weight excluding hydrogens is 252 g/mol. The lowest BCUT2D eigenvalue weighted by atomic mass is 9.49. The van der Waals surface area contributed by atoms with Crippen LogP contribution in [0.5, 0.6) is 0 Å². The Bertz CT molecular complexity index is 589. The molecule has 1 aromatic heterocycles. The maximum atomic E-state index is 11.4. The molecule has 4 saturated carbocycles. The first-order valence-corrected chi connectivity index (χ1v) is 7.40. The predicted octanol–water partition coefficient (Wildman–Crippen LogP) is 1.85. The maximum Gasteiger partial charge on any atom is 0.268 e. The summed E-state index contributed by atoms with van der Waals surface area (Å²) in [5.74, 6) is 2.64. The van der Waals surface area contributed by atoms with E-state index in [1.807, 2.05) is 6.07 Å². The molecule has 0 unspecified atom stereocenters. The van der Waals surface area contributed by atoms with E-state index in [2.05, 4.69) is 9.97 Å². The molecule has 104 valence electrons. The van der Waals surface area contributed by atoms with Gasteiger partial charge >= 0.3 is 0 Å². The van der Waals surface area contributed by atoms with Crippen LogP contribution in [-0.2, 0) is 5.41 Å². The molecule has 5 heteroatoms. The molecule has 0 saturated heterocycles. The zero-order valence-corrected chi connectivity index (χ0v) is 11.4. The number of carbonyl (C=O) groups is 1. The van der Waals surface area contributed by atoms with E-state index < -0.39 is 5.91 Å². The van der Waals surface area contributed by atoms with Gasteiger partial charge in [0.25, 0.3) is 5.91 Å². The van der Waals surface area contributed by atoms with Crippen LogP contribution in [0.15, 0.2) is 0 Å². The molecule has 4 aliphatic rings. The highest BCUT2D eigenvalue weighted by Gasteiger charge is 2.53. The minimum Gasteiger partial charge on any atom is -0.364 e. The molecular formula is C15H18N4O. The van der Waals surface area contributed by atoms with Crippen molar-refractivity contribution in [2.45, 2.75) is 43.9 Å². The van der Waals surface area contributed by atoms with Crippen LogP contribution in [0.3, 0.4) is 0 Å². The van der Waals surface area contributed by atoms with Gasteiger partial charge in [0, 0.05) is 5.41 Å². The van der Waals surface area contributed by atoms with Gasteiger partial charge in [0.15, 0.2) is 5.69 Å². The van der Waals surface area contributed by atoms with Crippen LogP contribution < -0.4 is 5.73 Å². The largest absolute Gasteiger partial charge is 0.364 e. The van der Waals surface area contributed by atoms with E-state index in [0.29, 0.717) is 0 Å². The van der Waals surface area contributed by atoms with Crippen molar-refractivity contribution in [3.05, 3.63) is 17.2 Å². The molecule has 5 nitrogen and oxygen atoms in total. The zero-order chi connectivity index (χ0) is 13.9. The fraction of sp³-hybridized carbons (Fsp3) is 0.667. The molecule has 0 spiro atoms. The Morgan fingerprint density at radius 1 is 1.25 bits per heavy atom. The van der Waals surface area contributed by atoms with E-state index in [0.717, 1.165) is 42.8 Å². The second-order valence-electron chi connectivity index (χ2n) is 6.98. The number of nitrogens with two attached hydrogens (primary N) is 1. The van der Waals surface area contributed by atoms with Crippen molar-refractivity contribution in [3.8, 4) is 6.07 Å². The van der Waals surface area contributed by atoms with Crippen LogP contribution in [0.2, 0.25) is 0 Å². The zero-order valence-electron chi connectivity index (χ0n) is 11.4. The SMILES string of the molecule is N#Cc1nc(C23CC4CC(CC(C4)C2)C3)[nH]c1C(N)=O. The summed E-state index contributed by atoms with van der Waals surface area (Å²) < 4.78 is 0. The number of rotatable bonds is 2. The Kier molecular flexibility index (Phi) is 2.30. The summed E-state index contributed by atoms with van der Waals surface area (Å²) in [5, 5.41) is 9.12. The van der Waals surface area contributed by atoms with E-state index in [1.54, 1.807) is 0 Å². The van der Waals surface area contributed by atoms with E-state index in [9.17, 15) is 4.79 Å². The molecule has 0 aromatic carbocycles. The highest BCUT2D eigenvalue weighted by molar-refractivity contribution is 5.92. The normalized spacial score (nSPS) is 37.9. The minimum absolute atomic E-state index is 0.0635. The third-order valence-electron chi connectivity index (χ3n) is 5.60. The summed E-state index contributed by atoms with van der Waals surface area (Å²) in [4.78, 5) is 18.9. The molecule has 20 heavy (non-hydrogen) atoms. The van der Waals surface area contributed by atoms with Gasteiger partial charge in [-0.2, -0.15) is 5.26 Å². The van der Waals surface area contributed by atoms with Gasteiger partial charge in [0.1, 0.15) is 17.6 Å². The minimum atomic E-state index is -0.593. The Morgan fingerprint density at radius 2 is 1.80 bits per heavy atom. The highest BCUT2D eigenvalue weighted by Crippen LogP contribution is 2.60. The van der Waals surface area contributed by atoms with E-state index >= 15 is 0 Å². The standard InChI is InChI=1S/C15H18N4O/c16-7-11-12(13(17)20)19-14(18-11)15-4-8-1-9(5-15)3-10(2-8)6-15/h8-10H,1-6H2,(H2,17,20)(H,18,19). The first kappa shape index (κ1) is 12.0. The molecule has 1 aromatic rings. The number of nitrogens with zero attached hydrogens (tertiary/aromatic N) is 2. The van der Waals surface area contributed by atoms with Crippen molar-refractivity contribution in [3.63, 3.8) is 0 Å². The lowest BCUT2D eigenvalue weighted by Crippen LogP contribution is -2.49. The van der Waals surface area contributed by atoms with Crippen LogP contribution >= 0.6 is 0 Å². The number of hydrogen-bond acceptors (Lipinski definition) is 3. The first-order valence-electron chi connectivity index (χ1n) is 7.40. The van der Waals surface area contributed by atoms with E-state index in [4.69, 9.17) is 11.0 Å². The van der Waals surface area contributed by atoms with Gasteiger partial charge in [-0.05, 0) is 56.3 Å². The van der Waals surface area contributed by atoms with Gasteiger partial charge in [-0.25, -0.2) is 4.98 Å². The summed E-state index contributed by atoms with van der Waals surface area (Å²) in [6.45, 7) is 0. The van der Waals surface area contributed by atoms with Gasteiger partial charge in [-0.15, -0.1) is 0 Å². The molecule has 4 bridgehead atoms. The molecule has 4 fully saturated rings. The number of aromatic nitrogens is 2. The molecule has 4 aliphatic carbocycles. The number of hydrogen-bond donors (Lipinski definition) is 2. The Morgan fingerprint density at radius 3 is 2.20 bits per heavy atom. The van der Waals surface area contributed by atoms with Crippen LogP contribution in [-0.4, -0.2) is 15.9 Å². The molecule has 1 heterocycles. The number of aromatic amines is 1. The monoisotopic (exact) mass is 270 g/mol. The van der Waals surface area contributed by atoms with Crippen molar-refractivity contribution in [2.24, 2.45) is 23.5 Å². The molecule has 3 N–H and O–H groups in total. The number of primary amides is 1. The fourth-order valence-electron chi connectivity index (χ4n) is 5.28.